The quantitative estimate of drug-likeness (QED) is 0.758. The van der Waals surface area contributed by atoms with Crippen LogP contribution >= 0.6 is 23.2 Å². The fourth-order valence-corrected chi connectivity index (χ4v) is 3.70. The molecule has 1 nitrogen and oxygen atoms in total. The molecule has 0 aromatic heterocycles. The smallest absolute Gasteiger partial charge is 0.0939 e. The Morgan fingerprint density at radius 2 is 1.86 bits per heavy atom. The van der Waals surface area contributed by atoms with E-state index in [1.54, 1.807) is 6.07 Å². The minimum absolute atomic E-state index is 0.528. The van der Waals surface area contributed by atoms with E-state index in [2.05, 4.69) is 6.07 Å². The predicted octanol–water partition coefficient (Wildman–Crippen LogP) is 5.15. The van der Waals surface area contributed by atoms with Crippen LogP contribution in [0.1, 0.15) is 36.0 Å². The molecule has 0 fully saturated rings. The standard InChI is InChI=1S/C18H18Cl2O/c19-15-9-8-14(17(20)11-15)12-18(21)10-4-3-6-13-5-1-2-7-16(13)18/h1-2,5,7-9,11,21H,3-4,6,10,12H2. The number of aliphatic hydroxyl groups is 1. The number of hydrogen-bond acceptors (Lipinski definition) is 1. The van der Waals surface area contributed by atoms with Crippen LogP contribution in [0.3, 0.4) is 0 Å². The molecule has 110 valence electrons. The lowest BCUT2D eigenvalue weighted by Gasteiger charge is -2.29. The molecule has 0 amide bonds. The van der Waals surface area contributed by atoms with Crippen LogP contribution in [0, 0.1) is 0 Å². The molecule has 0 aliphatic heterocycles. The fourth-order valence-electron chi connectivity index (χ4n) is 3.22. The van der Waals surface area contributed by atoms with Crippen molar-refractivity contribution in [1.82, 2.24) is 0 Å². The Morgan fingerprint density at radius 3 is 2.67 bits per heavy atom. The molecule has 0 saturated heterocycles. The third-order valence-electron chi connectivity index (χ3n) is 4.30. The van der Waals surface area contributed by atoms with Crippen molar-refractivity contribution < 1.29 is 5.11 Å². The maximum Gasteiger partial charge on any atom is 0.0939 e. The number of hydrogen-bond donors (Lipinski definition) is 1. The normalized spacial score (nSPS) is 21.7. The molecule has 1 aliphatic rings. The highest BCUT2D eigenvalue weighted by molar-refractivity contribution is 6.35. The molecule has 0 spiro atoms. The number of aryl methyl sites for hydroxylation is 1. The van der Waals surface area contributed by atoms with E-state index in [-0.39, 0.29) is 0 Å². The first-order valence-electron chi connectivity index (χ1n) is 7.33. The van der Waals surface area contributed by atoms with Gasteiger partial charge in [-0.2, -0.15) is 0 Å². The molecule has 2 aromatic carbocycles. The molecule has 0 saturated carbocycles. The van der Waals surface area contributed by atoms with Gasteiger partial charge in [-0.25, -0.2) is 0 Å². The van der Waals surface area contributed by atoms with Gasteiger partial charge in [-0.3, -0.25) is 0 Å². The van der Waals surface area contributed by atoms with Crippen LogP contribution in [0.5, 0.6) is 0 Å². The van der Waals surface area contributed by atoms with E-state index in [9.17, 15) is 5.11 Å². The van der Waals surface area contributed by atoms with Crippen LogP contribution in [0.25, 0.3) is 0 Å². The van der Waals surface area contributed by atoms with Gasteiger partial charge in [0.25, 0.3) is 0 Å². The Balaban J connectivity index is 2.00. The fraction of sp³-hybridized carbons (Fsp3) is 0.333. The second-order valence-corrected chi connectivity index (χ2v) is 6.65. The van der Waals surface area contributed by atoms with E-state index in [1.807, 2.05) is 30.3 Å². The van der Waals surface area contributed by atoms with Gasteiger partial charge < -0.3 is 5.11 Å². The van der Waals surface area contributed by atoms with Gasteiger partial charge in [0.15, 0.2) is 0 Å². The lowest BCUT2D eigenvalue weighted by Crippen LogP contribution is -2.29. The first-order chi connectivity index (χ1) is 10.1. The van der Waals surface area contributed by atoms with E-state index in [4.69, 9.17) is 23.2 Å². The molecule has 21 heavy (non-hydrogen) atoms. The molecular formula is C18H18Cl2O. The van der Waals surface area contributed by atoms with E-state index in [0.717, 1.165) is 36.8 Å². The van der Waals surface area contributed by atoms with Crippen molar-refractivity contribution in [2.45, 2.75) is 37.7 Å². The van der Waals surface area contributed by atoms with Crippen molar-refractivity contribution in [3.05, 3.63) is 69.2 Å². The van der Waals surface area contributed by atoms with Gasteiger partial charge in [0.1, 0.15) is 0 Å². The average Bonchev–Trinajstić information content (AvgIpc) is 2.63. The molecule has 0 bridgehead atoms. The molecule has 0 heterocycles. The number of fused-ring (bicyclic) bond motifs is 1. The van der Waals surface area contributed by atoms with Crippen LogP contribution in [0.15, 0.2) is 42.5 Å². The maximum absolute atomic E-state index is 11.3. The Bertz CT molecular complexity index is 653. The highest BCUT2D eigenvalue weighted by Gasteiger charge is 2.33. The van der Waals surface area contributed by atoms with Gasteiger partial charge in [0.2, 0.25) is 0 Å². The molecule has 1 N–H and O–H groups in total. The van der Waals surface area contributed by atoms with Crippen molar-refractivity contribution in [1.29, 1.82) is 0 Å². The summed E-state index contributed by atoms with van der Waals surface area (Å²) in [5.41, 5.74) is 2.40. The zero-order chi connectivity index (χ0) is 14.9. The Kier molecular flexibility index (Phi) is 4.26. The Morgan fingerprint density at radius 1 is 1.05 bits per heavy atom. The van der Waals surface area contributed by atoms with Gasteiger partial charge in [0.05, 0.1) is 5.60 Å². The van der Waals surface area contributed by atoms with Crippen LogP contribution < -0.4 is 0 Å². The number of rotatable bonds is 2. The summed E-state index contributed by atoms with van der Waals surface area (Å²) in [6.07, 6.45) is 4.47. The second kappa shape index (κ2) is 6.00. The summed E-state index contributed by atoms with van der Waals surface area (Å²) < 4.78 is 0. The van der Waals surface area contributed by atoms with Crippen molar-refractivity contribution in [3.8, 4) is 0 Å². The van der Waals surface area contributed by atoms with E-state index < -0.39 is 5.60 Å². The van der Waals surface area contributed by atoms with Gasteiger partial charge >= 0.3 is 0 Å². The predicted molar refractivity (Wildman–Crippen MR) is 88.1 cm³/mol. The summed E-state index contributed by atoms with van der Waals surface area (Å²) in [5, 5.41) is 12.5. The van der Waals surface area contributed by atoms with Crippen molar-refractivity contribution >= 4 is 23.2 Å². The number of halogens is 2. The van der Waals surface area contributed by atoms with Gasteiger partial charge in [-0.05, 0) is 54.5 Å². The molecule has 1 unspecified atom stereocenters. The third kappa shape index (κ3) is 3.11. The topological polar surface area (TPSA) is 20.2 Å². The van der Waals surface area contributed by atoms with E-state index >= 15 is 0 Å². The molecule has 3 rings (SSSR count). The molecule has 1 aliphatic carbocycles. The first-order valence-corrected chi connectivity index (χ1v) is 8.09. The Hall–Kier alpha value is -1.02. The largest absolute Gasteiger partial charge is 0.385 e. The first kappa shape index (κ1) is 14.9. The van der Waals surface area contributed by atoms with Gasteiger partial charge in [-0.1, -0.05) is 53.5 Å². The molecule has 3 heteroatoms. The maximum atomic E-state index is 11.3. The summed E-state index contributed by atoms with van der Waals surface area (Å²) in [7, 11) is 0. The van der Waals surface area contributed by atoms with Crippen LogP contribution in [-0.4, -0.2) is 5.11 Å². The Labute approximate surface area is 135 Å². The average molecular weight is 321 g/mol. The molecule has 0 radical (unpaired) electrons. The number of benzene rings is 2. The monoisotopic (exact) mass is 320 g/mol. The van der Waals surface area contributed by atoms with Crippen molar-refractivity contribution in [3.63, 3.8) is 0 Å². The van der Waals surface area contributed by atoms with Crippen molar-refractivity contribution in [2.24, 2.45) is 0 Å². The van der Waals surface area contributed by atoms with E-state index in [1.165, 1.54) is 5.56 Å². The van der Waals surface area contributed by atoms with Gasteiger partial charge in [-0.15, -0.1) is 0 Å². The lowest BCUT2D eigenvalue weighted by molar-refractivity contribution is 0.0272. The summed E-state index contributed by atoms with van der Waals surface area (Å²) >= 11 is 12.2. The molecule has 2 aromatic rings. The third-order valence-corrected chi connectivity index (χ3v) is 4.89. The van der Waals surface area contributed by atoms with E-state index in [0.29, 0.717) is 16.5 Å². The summed E-state index contributed by atoms with van der Waals surface area (Å²) in [6, 6.07) is 13.7. The SMILES string of the molecule is OC1(Cc2ccc(Cl)cc2Cl)CCCCc2ccccc21. The summed E-state index contributed by atoms with van der Waals surface area (Å²) in [6.45, 7) is 0. The van der Waals surface area contributed by atoms with Crippen molar-refractivity contribution in [2.75, 3.05) is 0 Å². The van der Waals surface area contributed by atoms with Gasteiger partial charge in [0, 0.05) is 16.5 Å². The molecule has 1 atom stereocenters. The summed E-state index contributed by atoms with van der Waals surface area (Å²) in [5.74, 6) is 0. The second-order valence-electron chi connectivity index (χ2n) is 5.81. The zero-order valence-electron chi connectivity index (χ0n) is 11.8. The van der Waals surface area contributed by atoms with Crippen LogP contribution in [-0.2, 0) is 18.4 Å². The van der Waals surface area contributed by atoms with Crippen LogP contribution in [0.4, 0.5) is 0 Å². The highest BCUT2D eigenvalue weighted by atomic mass is 35.5. The minimum Gasteiger partial charge on any atom is -0.385 e. The minimum atomic E-state index is -0.843. The highest BCUT2D eigenvalue weighted by Crippen LogP contribution is 2.38. The lowest BCUT2D eigenvalue weighted by atomic mass is 9.83. The van der Waals surface area contributed by atoms with Crippen LogP contribution in [0.2, 0.25) is 10.0 Å². The summed E-state index contributed by atoms with van der Waals surface area (Å²) in [4.78, 5) is 0. The zero-order valence-corrected chi connectivity index (χ0v) is 13.3. The molecular weight excluding hydrogens is 303 g/mol.